The van der Waals surface area contributed by atoms with Gasteiger partial charge in [0.25, 0.3) is 5.91 Å². The van der Waals surface area contributed by atoms with Crippen molar-refractivity contribution < 1.29 is 23.8 Å². The van der Waals surface area contributed by atoms with E-state index < -0.39 is 23.2 Å². The lowest BCUT2D eigenvalue weighted by atomic mass is 9.67. The second-order valence-electron chi connectivity index (χ2n) is 10.2. The van der Waals surface area contributed by atoms with Gasteiger partial charge in [-0.2, -0.15) is 0 Å². The molecule has 0 saturated heterocycles. The number of amides is 1. The third kappa shape index (κ3) is 7.00. The van der Waals surface area contributed by atoms with Crippen molar-refractivity contribution in [3.05, 3.63) is 89.9 Å². The lowest BCUT2D eigenvalue weighted by Gasteiger charge is -2.35. The van der Waals surface area contributed by atoms with Gasteiger partial charge in [0.15, 0.2) is 11.1 Å². The van der Waals surface area contributed by atoms with E-state index in [-0.39, 0.29) is 11.6 Å². The van der Waals surface area contributed by atoms with Crippen LogP contribution in [-0.4, -0.2) is 40.2 Å². The molecule has 3 N–H and O–H groups in total. The van der Waals surface area contributed by atoms with E-state index in [1.165, 1.54) is 32.1 Å². The predicted molar refractivity (Wildman–Crippen MR) is 148 cm³/mol. The quantitative estimate of drug-likeness (QED) is 0.258. The van der Waals surface area contributed by atoms with Crippen LogP contribution in [0, 0.1) is 11.8 Å². The second kappa shape index (κ2) is 13.8. The summed E-state index contributed by atoms with van der Waals surface area (Å²) in [6.45, 7) is 1.10. The number of aliphatic carboxylic acids is 1. The molecule has 1 aliphatic carbocycles. The summed E-state index contributed by atoms with van der Waals surface area (Å²) in [5, 5.41) is 10.9. The standard InChI is InChI=1S/C31H37N3O5/c32-28(35)27-22-39-29(34-27)31(30(36)37,25-14-5-2-6-15-25)26(16-8-7-10-23-13-9-18-33-20-23)17-19-38-21-24-11-3-1-4-12-24/h2,5-7,9-10,13-15,18,20,22,24,26H,1,3-4,8,11-12,16-17,19,21H2,(H2,32,35)(H,36,37). The Morgan fingerprint density at radius 3 is 2.59 bits per heavy atom. The molecular formula is C31H37N3O5. The maximum absolute atomic E-state index is 13.3. The maximum atomic E-state index is 13.3. The van der Waals surface area contributed by atoms with Crippen LogP contribution in [0.4, 0.5) is 0 Å². The number of nitrogens with zero attached hydrogens (tertiary/aromatic N) is 2. The Kier molecular flexibility index (Phi) is 10.0. The highest BCUT2D eigenvalue weighted by Gasteiger charge is 2.52. The highest BCUT2D eigenvalue weighted by molar-refractivity contribution is 5.91. The maximum Gasteiger partial charge on any atom is 0.323 e. The summed E-state index contributed by atoms with van der Waals surface area (Å²) in [6.07, 6.45) is 16.4. The van der Waals surface area contributed by atoms with Crippen LogP contribution in [-0.2, 0) is 14.9 Å². The van der Waals surface area contributed by atoms with Gasteiger partial charge >= 0.3 is 5.97 Å². The molecule has 8 heteroatoms. The lowest BCUT2D eigenvalue weighted by Crippen LogP contribution is -2.45. The number of oxazole rings is 1. The number of allylic oxidation sites excluding steroid dienone is 1. The first-order chi connectivity index (χ1) is 19.0. The van der Waals surface area contributed by atoms with Crippen molar-refractivity contribution in [1.82, 2.24) is 9.97 Å². The molecule has 1 amide bonds. The third-order valence-corrected chi connectivity index (χ3v) is 7.64. The monoisotopic (exact) mass is 531 g/mol. The second-order valence-corrected chi connectivity index (χ2v) is 10.2. The Bertz CT molecular complexity index is 1220. The number of primary amides is 1. The summed E-state index contributed by atoms with van der Waals surface area (Å²) in [7, 11) is 0. The molecule has 1 saturated carbocycles. The van der Waals surface area contributed by atoms with Crippen molar-refractivity contribution in [2.75, 3.05) is 13.2 Å². The Morgan fingerprint density at radius 1 is 1.13 bits per heavy atom. The number of aromatic nitrogens is 2. The summed E-state index contributed by atoms with van der Waals surface area (Å²) < 4.78 is 11.8. The van der Waals surface area contributed by atoms with E-state index in [0.29, 0.717) is 44.0 Å². The number of hydrogen-bond donors (Lipinski definition) is 2. The molecule has 39 heavy (non-hydrogen) atoms. The van der Waals surface area contributed by atoms with Crippen LogP contribution < -0.4 is 5.73 Å². The van der Waals surface area contributed by atoms with Gasteiger partial charge in [0.1, 0.15) is 6.26 Å². The first-order valence-electron chi connectivity index (χ1n) is 13.7. The summed E-state index contributed by atoms with van der Waals surface area (Å²) >= 11 is 0. The molecule has 206 valence electrons. The van der Waals surface area contributed by atoms with Gasteiger partial charge in [-0.25, -0.2) is 4.98 Å². The molecule has 3 aromatic rings. The van der Waals surface area contributed by atoms with Crippen molar-refractivity contribution in [1.29, 1.82) is 0 Å². The van der Waals surface area contributed by atoms with Crippen LogP contribution >= 0.6 is 0 Å². The molecular weight excluding hydrogens is 494 g/mol. The number of hydrogen-bond acceptors (Lipinski definition) is 6. The minimum atomic E-state index is -1.63. The van der Waals surface area contributed by atoms with Gasteiger partial charge in [-0.3, -0.25) is 14.6 Å². The van der Waals surface area contributed by atoms with Crippen molar-refractivity contribution >= 4 is 18.0 Å². The molecule has 2 heterocycles. The third-order valence-electron chi connectivity index (χ3n) is 7.64. The molecule has 4 rings (SSSR count). The molecule has 1 aliphatic rings. The Hall–Kier alpha value is -3.78. The summed E-state index contributed by atoms with van der Waals surface area (Å²) in [5.41, 5.74) is 5.21. The minimum absolute atomic E-state index is 0.0523. The molecule has 2 aromatic heterocycles. The predicted octanol–water partition coefficient (Wildman–Crippen LogP) is 5.64. The van der Waals surface area contributed by atoms with Crippen LogP contribution in [0.1, 0.15) is 78.9 Å². The van der Waals surface area contributed by atoms with Crippen molar-refractivity contribution in [2.24, 2.45) is 17.6 Å². The van der Waals surface area contributed by atoms with Gasteiger partial charge in [0, 0.05) is 25.6 Å². The van der Waals surface area contributed by atoms with E-state index in [1.807, 2.05) is 30.4 Å². The number of carboxylic acid groups (broad SMARTS) is 1. The van der Waals surface area contributed by atoms with Gasteiger partial charge < -0.3 is 20.0 Å². The number of pyridine rings is 1. The van der Waals surface area contributed by atoms with Crippen molar-refractivity contribution in [3.8, 4) is 0 Å². The first kappa shape index (κ1) is 28.2. The number of benzene rings is 1. The summed E-state index contributed by atoms with van der Waals surface area (Å²) in [6, 6.07) is 12.8. The molecule has 0 aliphatic heterocycles. The first-order valence-corrected chi connectivity index (χ1v) is 13.7. The van der Waals surface area contributed by atoms with E-state index in [2.05, 4.69) is 9.97 Å². The molecule has 0 spiro atoms. The molecule has 2 atom stereocenters. The number of carboxylic acids is 1. The van der Waals surface area contributed by atoms with Gasteiger partial charge in [-0.1, -0.05) is 67.8 Å². The molecule has 1 aromatic carbocycles. The summed E-state index contributed by atoms with van der Waals surface area (Å²) in [5.74, 6) is -1.81. The van der Waals surface area contributed by atoms with Gasteiger partial charge in [-0.15, -0.1) is 0 Å². The van der Waals surface area contributed by atoms with Crippen molar-refractivity contribution in [3.63, 3.8) is 0 Å². The van der Waals surface area contributed by atoms with Crippen LogP contribution in [0.15, 0.2) is 71.6 Å². The molecule has 1 fully saturated rings. The van der Waals surface area contributed by atoms with Crippen LogP contribution in [0.25, 0.3) is 6.08 Å². The SMILES string of the molecule is NC(=O)c1coc(C(C(=O)O)(c2ccccc2)C(CCC=Cc2cccnc2)CCOCC2CCCCC2)n1. The molecule has 0 bridgehead atoms. The van der Waals surface area contributed by atoms with Gasteiger partial charge in [0.2, 0.25) is 5.89 Å². The fourth-order valence-corrected chi connectivity index (χ4v) is 5.59. The number of carbonyl (C=O) groups excluding carboxylic acids is 1. The Morgan fingerprint density at radius 2 is 1.92 bits per heavy atom. The summed E-state index contributed by atoms with van der Waals surface area (Å²) in [4.78, 5) is 33.6. The van der Waals surface area contributed by atoms with Crippen LogP contribution in [0.3, 0.4) is 0 Å². The topological polar surface area (TPSA) is 129 Å². The van der Waals surface area contributed by atoms with E-state index in [9.17, 15) is 14.7 Å². The van der Waals surface area contributed by atoms with Gasteiger partial charge in [0.05, 0.1) is 0 Å². The molecule has 0 radical (unpaired) electrons. The highest BCUT2D eigenvalue weighted by atomic mass is 16.5. The van der Waals surface area contributed by atoms with Crippen LogP contribution in [0.2, 0.25) is 0 Å². The number of nitrogens with two attached hydrogens (primary N) is 1. The van der Waals surface area contributed by atoms with Crippen molar-refractivity contribution in [2.45, 2.75) is 56.8 Å². The Labute approximate surface area is 229 Å². The zero-order chi connectivity index (χ0) is 27.5. The average molecular weight is 532 g/mol. The highest BCUT2D eigenvalue weighted by Crippen LogP contribution is 2.43. The molecule has 2 unspecified atom stereocenters. The van der Waals surface area contributed by atoms with E-state index in [1.54, 1.807) is 36.7 Å². The van der Waals surface area contributed by atoms with E-state index in [0.717, 1.165) is 11.8 Å². The fourth-order valence-electron chi connectivity index (χ4n) is 5.59. The lowest BCUT2D eigenvalue weighted by molar-refractivity contribution is -0.145. The van der Waals surface area contributed by atoms with E-state index >= 15 is 0 Å². The van der Waals surface area contributed by atoms with E-state index in [4.69, 9.17) is 14.9 Å². The van der Waals surface area contributed by atoms with Crippen LogP contribution in [0.5, 0.6) is 0 Å². The normalized spacial score (nSPS) is 16.6. The fraction of sp³-hybridized carbons (Fsp3) is 0.419. The van der Waals surface area contributed by atoms with Gasteiger partial charge in [-0.05, 0) is 61.1 Å². The number of ether oxygens (including phenoxy) is 1. The zero-order valence-corrected chi connectivity index (χ0v) is 22.2. The zero-order valence-electron chi connectivity index (χ0n) is 22.2. The number of rotatable bonds is 14. The largest absolute Gasteiger partial charge is 0.480 e. The number of carbonyl (C=O) groups is 2. The Balaban J connectivity index is 1.64. The average Bonchev–Trinajstić information content (AvgIpc) is 3.46. The smallest absolute Gasteiger partial charge is 0.323 e. The minimum Gasteiger partial charge on any atom is -0.480 e. The molecule has 8 nitrogen and oxygen atoms in total.